The van der Waals surface area contributed by atoms with Crippen LogP contribution < -0.4 is 5.73 Å². The largest absolute Gasteiger partial charge is 0.472 e. The summed E-state index contributed by atoms with van der Waals surface area (Å²) in [6.45, 7) is 2.02. The zero-order valence-electron chi connectivity index (χ0n) is 7.45. The highest BCUT2D eigenvalue weighted by atomic mass is 16.3. The summed E-state index contributed by atoms with van der Waals surface area (Å²) in [5.74, 6) is 0. The van der Waals surface area contributed by atoms with Crippen molar-refractivity contribution in [2.75, 3.05) is 5.73 Å². The monoisotopic (exact) mass is 173 g/mol. The van der Waals surface area contributed by atoms with Gasteiger partial charge in [-0.3, -0.25) is 0 Å². The van der Waals surface area contributed by atoms with Crippen LogP contribution in [0.15, 0.2) is 41.2 Å². The Morgan fingerprint density at radius 1 is 1.23 bits per heavy atom. The highest BCUT2D eigenvalue weighted by Crippen LogP contribution is 2.26. The molecule has 1 aromatic carbocycles. The molecule has 0 radical (unpaired) electrons. The number of hydrogen-bond acceptors (Lipinski definition) is 2. The van der Waals surface area contributed by atoms with E-state index in [0.29, 0.717) is 0 Å². The molecule has 0 bridgehead atoms. The number of rotatable bonds is 1. The van der Waals surface area contributed by atoms with Gasteiger partial charge in [0.1, 0.15) is 0 Å². The number of benzene rings is 1. The molecule has 2 aromatic rings. The lowest BCUT2D eigenvalue weighted by Crippen LogP contribution is -1.89. The molecule has 0 saturated carbocycles. The van der Waals surface area contributed by atoms with Crippen LogP contribution >= 0.6 is 0 Å². The number of aryl methyl sites for hydroxylation is 1. The molecule has 0 unspecified atom stereocenters. The van der Waals surface area contributed by atoms with E-state index >= 15 is 0 Å². The van der Waals surface area contributed by atoms with E-state index in [1.807, 2.05) is 31.2 Å². The fraction of sp³-hybridized carbons (Fsp3) is 0.0909. The first kappa shape index (κ1) is 7.92. The van der Waals surface area contributed by atoms with Crippen LogP contribution in [0.2, 0.25) is 0 Å². The van der Waals surface area contributed by atoms with Crippen LogP contribution in [-0.4, -0.2) is 0 Å². The van der Waals surface area contributed by atoms with Crippen LogP contribution in [0, 0.1) is 6.92 Å². The first-order valence-corrected chi connectivity index (χ1v) is 4.16. The minimum atomic E-state index is 0.793. The second-order valence-electron chi connectivity index (χ2n) is 3.10. The smallest absolute Gasteiger partial charge is 0.0981 e. The minimum Gasteiger partial charge on any atom is -0.472 e. The highest BCUT2D eigenvalue weighted by molar-refractivity contribution is 5.75. The molecular weight excluding hydrogens is 162 g/mol. The predicted octanol–water partition coefficient (Wildman–Crippen LogP) is 2.84. The minimum absolute atomic E-state index is 0.793. The number of nitrogen functional groups attached to an aromatic ring is 1. The maximum absolute atomic E-state index is 5.87. The van der Waals surface area contributed by atoms with Gasteiger partial charge in [0.2, 0.25) is 0 Å². The van der Waals surface area contributed by atoms with Crippen LogP contribution in [0.3, 0.4) is 0 Å². The first-order chi connectivity index (χ1) is 6.27. The molecule has 1 aromatic heterocycles. The van der Waals surface area contributed by atoms with Gasteiger partial charge in [-0.1, -0.05) is 12.1 Å². The van der Waals surface area contributed by atoms with Gasteiger partial charge in [0.25, 0.3) is 0 Å². The van der Waals surface area contributed by atoms with Crippen molar-refractivity contribution in [1.29, 1.82) is 0 Å². The Morgan fingerprint density at radius 3 is 2.69 bits per heavy atom. The Bertz CT molecular complexity index is 404. The quantitative estimate of drug-likeness (QED) is 0.673. The molecule has 2 heteroatoms. The molecule has 0 aliphatic rings. The molecule has 2 N–H and O–H groups in total. The van der Waals surface area contributed by atoms with E-state index in [1.165, 1.54) is 5.56 Å². The normalized spacial score (nSPS) is 10.2. The van der Waals surface area contributed by atoms with Gasteiger partial charge in [0.05, 0.1) is 12.5 Å². The molecule has 0 saturated heterocycles. The van der Waals surface area contributed by atoms with Gasteiger partial charge in [-0.15, -0.1) is 0 Å². The topological polar surface area (TPSA) is 39.2 Å². The molecule has 0 spiro atoms. The standard InChI is InChI=1S/C11H11NO/c1-8-2-3-10(11(12)6-8)9-4-5-13-7-9/h2-7H,12H2,1H3. The van der Waals surface area contributed by atoms with Gasteiger partial charge in [0, 0.05) is 16.8 Å². The van der Waals surface area contributed by atoms with Crippen molar-refractivity contribution in [3.05, 3.63) is 42.4 Å². The van der Waals surface area contributed by atoms with Crippen molar-refractivity contribution in [2.45, 2.75) is 6.92 Å². The summed E-state index contributed by atoms with van der Waals surface area (Å²) in [6, 6.07) is 7.91. The van der Waals surface area contributed by atoms with Crippen LogP contribution in [-0.2, 0) is 0 Å². The number of anilines is 1. The molecule has 0 atom stereocenters. The SMILES string of the molecule is Cc1ccc(-c2ccoc2)c(N)c1. The third-order valence-electron chi connectivity index (χ3n) is 2.04. The van der Waals surface area contributed by atoms with E-state index in [4.69, 9.17) is 10.2 Å². The molecule has 2 rings (SSSR count). The van der Waals surface area contributed by atoms with Gasteiger partial charge in [0.15, 0.2) is 0 Å². The van der Waals surface area contributed by atoms with Gasteiger partial charge in [-0.25, -0.2) is 0 Å². The summed E-state index contributed by atoms with van der Waals surface area (Å²) < 4.78 is 5.00. The van der Waals surface area contributed by atoms with Gasteiger partial charge >= 0.3 is 0 Å². The van der Waals surface area contributed by atoms with E-state index in [2.05, 4.69) is 0 Å². The average Bonchev–Trinajstić information content (AvgIpc) is 2.56. The summed E-state index contributed by atoms with van der Waals surface area (Å²) in [5, 5.41) is 0. The maximum atomic E-state index is 5.87. The third kappa shape index (κ3) is 1.43. The van der Waals surface area contributed by atoms with Gasteiger partial charge in [-0.2, -0.15) is 0 Å². The van der Waals surface area contributed by atoms with E-state index in [-0.39, 0.29) is 0 Å². The van der Waals surface area contributed by atoms with Crippen molar-refractivity contribution in [2.24, 2.45) is 0 Å². The highest BCUT2D eigenvalue weighted by Gasteiger charge is 2.02. The Morgan fingerprint density at radius 2 is 2.08 bits per heavy atom. The molecule has 0 amide bonds. The summed E-state index contributed by atoms with van der Waals surface area (Å²) in [6.07, 6.45) is 3.34. The Labute approximate surface area is 77.0 Å². The van der Waals surface area contributed by atoms with Crippen molar-refractivity contribution in [3.63, 3.8) is 0 Å². The maximum Gasteiger partial charge on any atom is 0.0981 e. The number of furan rings is 1. The van der Waals surface area contributed by atoms with Gasteiger partial charge < -0.3 is 10.2 Å². The first-order valence-electron chi connectivity index (χ1n) is 4.16. The summed E-state index contributed by atoms with van der Waals surface area (Å²) in [7, 11) is 0. The average molecular weight is 173 g/mol. The van der Waals surface area contributed by atoms with Crippen LogP contribution in [0.5, 0.6) is 0 Å². The number of nitrogens with two attached hydrogens (primary N) is 1. The van der Waals surface area contributed by atoms with Crippen molar-refractivity contribution in [1.82, 2.24) is 0 Å². The fourth-order valence-corrected chi connectivity index (χ4v) is 1.36. The lowest BCUT2D eigenvalue weighted by Gasteiger charge is -2.03. The Balaban J connectivity index is 2.53. The zero-order chi connectivity index (χ0) is 9.26. The second-order valence-corrected chi connectivity index (χ2v) is 3.10. The summed E-state index contributed by atoms with van der Waals surface area (Å²) in [5.41, 5.74) is 9.89. The summed E-state index contributed by atoms with van der Waals surface area (Å²) in [4.78, 5) is 0. The molecule has 0 aliphatic carbocycles. The van der Waals surface area contributed by atoms with Crippen molar-refractivity contribution >= 4 is 5.69 Å². The second kappa shape index (κ2) is 2.98. The van der Waals surface area contributed by atoms with E-state index in [0.717, 1.165) is 16.8 Å². The molecular formula is C11H11NO. The van der Waals surface area contributed by atoms with Crippen molar-refractivity contribution in [3.8, 4) is 11.1 Å². The molecule has 1 heterocycles. The van der Waals surface area contributed by atoms with Crippen molar-refractivity contribution < 1.29 is 4.42 Å². The predicted molar refractivity (Wildman–Crippen MR) is 53.3 cm³/mol. The molecule has 13 heavy (non-hydrogen) atoms. The van der Waals surface area contributed by atoms with E-state index in [1.54, 1.807) is 12.5 Å². The molecule has 0 fully saturated rings. The Kier molecular flexibility index (Phi) is 1.81. The van der Waals surface area contributed by atoms with Crippen LogP contribution in [0.4, 0.5) is 5.69 Å². The lowest BCUT2D eigenvalue weighted by molar-refractivity contribution is 0.568. The van der Waals surface area contributed by atoms with Crippen LogP contribution in [0.25, 0.3) is 11.1 Å². The summed E-state index contributed by atoms with van der Waals surface area (Å²) >= 11 is 0. The molecule has 66 valence electrons. The fourth-order valence-electron chi connectivity index (χ4n) is 1.36. The van der Waals surface area contributed by atoms with E-state index < -0.39 is 0 Å². The zero-order valence-corrected chi connectivity index (χ0v) is 7.45. The third-order valence-corrected chi connectivity index (χ3v) is 2.04. The lowest BCUT2D eigenvalue weighted by atomic mass is 10.1. The Hall–Kier alpha value is -1.70. The molecule has 0 aliphatic heterocycles. The molecule has 2 nitrogen and oxygen atoms in total. The van der Waals surface area contributed by atoms with Crippen LogP contribution in [0.1, 0.15) is 5.56 Å². The van der Waals surface area contributed by atoms with Gasteiger partial charge in [-0.05, 0) is 24.6 Å². The number of hydrogen-bond donors (Lipinski definition) is 1. The van der Waals surface area contributed by atoms with E-state index in [9.17, 15) is 0 Å².